The van der Waals surface area contributed by atoms with Crippen LogP contribution in [-0.4, -0.2) is 22.6 Å². The average molecular weight is 343 g/mol. The van der Waals surface area contributed by atoms with Gasteiger partial charge in [-0.3, -0.25) is 19.4 Å². The van der Waals surface area contributed by atoms with Crippen LogP contribution in [0, 0.1) is 23.7 Å². The first-order chi connectivity index (χ1) is 12.0. The van der Waals surface area contributed by atoms with Gasteiger partial charge in [-0.25, -0.2) is 0 Å². The predicted molar refractivity (Wildman–Crippen MR) is 93.7 cm³/mol. The molecule has 2 aliphatic rings. The second kappa shape index (κ2) is 7.33. The molecule has 134 valence electrons. The number of nitrogens with zero attached hydrogens (tertiary/aromatic N) is 1. The van der Waals surface area contributed by atoms with Crippen LogP contribution in [0.3, 0.4) is 0 Å². The number of ketones is 1. The number of nitrogens with one attached hydrogen (secondary N) is 1. The highest BCUT2D eigenvalue weighted by Gasteiger charge is 2.44. The third kappa shape index (κ3) is 3.72. The van der Waals surface area contributed by atoms with Crippen LogP contribution in [0.5, 0.6) is 0 Å². The van der Waals surface area contributed by atoms with Crippen molar-refractivity contribution in [3.63, 3.8) is 0 Å². The zero-order valence-electron chi connectivity index (χ0n) is 14.5. The fourth-order valence-electron chi connectivity index (χ4n) is 4.59. The highest BCUT2D eigenvalue weighted by molar-refractivity contribution is 6.41. The fourth-order valence-corrected chi connectivity index (χ4v) is 4.59. The van der Waals surface area contributed by atoms with E-state index in [0.29, 0.717) is 17.5 Å². The van der Waals surface area contributed by atoms with E-state index in [1.165, 1.54) is 37.7 Å². The number of carbonyl (C=O) groups is 3. The molecule has 2 fully saturated rings. The summed E-state index contributed by atoms with van der Waals surface area (Å²) < 4.78 is 0. The lowest BCUT2D eigenvalue weighted by atomic mass is 9.60. The van der Waals surface area contributed by atoms with Gasteiger partial charge in [0.25, 0.3) is 5.91 Å². The molecule has 2 saturated carbocycles. The Morgan fingerprint density at radius 1 is 1.12 bits per heavy atom. The highest BCUT2D eigenvalue weighted by Crippen LogP contribution is 2.46. The second-order valence-corrected chi connectivity index (χ2v) is 7.43. The van der Waals surface area contributed by atoms with Crippen molar-refractivity contribution in [2.24, 2.45) is 29.4 Å². The molecule has 4 atom stereocenters. The number of hydrogen-bond donors (Lipinski definition) is 2. The molecule has 6 nitrogen and oxygen atoms in total. The smallest absolute Gasteiger partial charge is 0.292 e. The van der Waals surface area contributed by atoms with Crippen LogP contribution in [0.4, 0.5) is 5.69 Å². The van der Waals surface area contributed by atoms with E-state index >= 15 is 0 Å². The molecule has 2 aliphatic carbocycles. The Hall–Kier alpha value is -2.24. The molecular formula is C19H25N3O3. The minimum absolute atomic E-state index is 0.198. The van der Waals surface area contributed by atoms with E-state index in [-0.39, 0.29) is 23.2 Å². The zero-order chi connectivity index (χ0) is 18.0. The number of amides is 2. The molecule has 1 heterocycles. The molecule has 25 heavy (non-hydrogen) atoms. The SMILES string of the molecule is C[C@H]1CCC2CCCCC2C1C(=O)C(=O)Nc1cncc(C(N)=O)c1. The van der Waals surface area contributed by atoms with Crippen LogP contribution in [0.15, 0.2) is 18.5 Å². The van der Waals surface area contributed by atoms with Crippen LogP contribution in [-0.2, 0) is 9.59 Å². The Labute approximate surface area is 147 Å². The lowest BCUT2D eigenvalue weighted by Gasteiger charge is -2.43. The molecule has 3 rings (SSSR count). The number of nitrogens with two attached hydrogens (primary N) is 1. The van der Waals surface area contributed by atoms with Gasteiger partial charge in [-0.1, -0.05) is 26.2 Å². The van der Waals surface area contributed by atoms with Crippen molar-refractivity contribution >= 4 is 23.3 Å². The van der Waals surface area contributed by atoms with Gasteiger partial charge in [-0.2, -0.15) is 0 Å². The maximum atomic E-state index is 12.9. The number of primary amides is 1. The van der Waals surface area contributed by atoms with E-state index in [1.807, 2.05) is 0 Å². The first-order valence-electron chi connectivity index (χ1n) is 9.07. The third-order valence-corrected chi connectivity index (χ3v) is 5.84. The van der Waals surface area contributed by atoms with Gasteiger partial charge in [-0.15, -0.1) is 0 Å². The molecule has 2 amide bonds. The Kier molecular flexibility index (Phi) is 5.16. The maximum absolute atomic E-state index is 12.9. The number of anilines is 1. The molecule has 6 heteroatoms. The van der Waals surface area contributed by atoms with Crippen molar-refractivity contribution in [2.45, 2.75) is 45.4 Å². The summed E-state index contributed by atoms with van der Waals surface area (Å²) >= 11 is 0. The monoisotopic (exact) mass is 343 g/mol. The molecule has 0 aliphatic heterocycles. The number of Topliss-reactive ketones (excluding diaryl/α,β-unsaturated/α-hetero) is 1. The molecular weight excluding hydrogens is 318 g/mol. The Balaban J connectivity index is 1.73. The number of fused-ring (bicyclic) bond motifs is 1. The highest BCUT2D eigenvalue weighted by atomic mass is 16.2. The van der Waals surface area contributed by atoms with E-state index in [0.717, 1.165) is 19.3 Å². The molecule has 0 spiro atoms. The first-order valence-corrected chi connectivity index (χ1v) is 9.07. The van der Waals surface area contributed by atoms with Gasteiger partial charge < -0.3 is 11.1 Å². The molecule has 3 N–H and O–H groups in total. The number of pyridine rings is 1. The van der Waals surface area contributed by atoms with Gasteiger partial charge >= 0.3 is 0 Å². The largest absolute Gasteiger partial charge is 0.366 e. The molecule has 0 radical (unpaired) electrons. The summed E-state index contributed by atoms with van der Waals surface area (Å²) in [6.07, 6.45) is 9.50. The lowest BCUT2D eigenvalue weighted by Crippen LogP contribution is -2.44. The van der Waals surface area contributed by atoms with Gasteiger partial charge in [0.1, 0.15) is 0 Å². The van der Waals surface area contributed by atoms with Crippen molar-refractivity contribution in [3.05, 3.63) is 24.0 Å². The minimum Gasteiger partial charge on any atom is -0.366 e. The quantitative estimate of drug-likeness (QED) is 0.820. The summed E-state index contributed by atoms with van der Waals surface area (Å²) in [6, 6.07) is 1.44. The standard InChI is InChI=1S/C19H25N3O3/c1-11-6-7-12-4-2-3-5-15(12)16(11)17(23)19(25)22-14-8-13(18(20)24)9-21-10-14/h8-12,15-16H,2-7H2,1H3,(H2,20,24)(H,22,25)/t11-,12?,15?,16?/m0/s1. The summed E-state index contributed by atoms with van der Waals surface area (Å²) in [5, 5.41) is 2.59. The van der Waals surface area contributed by atoms with Crippen LogP contribution in [0.1, 0.15) is 55.8 Å². The lowest BCUT2D eigenvalue weighted by molar-refractivity contribution is -0.142. The molecule has 0 saturated heterocycles. The van der Waals surface area contributed by atoms with Crippen LogP contribution in [0.25, 0.3) is 0 Å². The second-order valence-electron chi connectivity index (χ2n) is 7.43. The van der Waals surface area contributed by atoms with Gasteiger partial charge in [-0.05, 0) is 43.1 Å². The average Bonchev–Trinajstić information content (AvgIpc) is 2.61. The Bertz CT molecular complexity index is 688. The molecule has 3 unspecified atom stereocenters. The zero-order valence-corrected chi connectivity index (χ0v) is 14.5. The van der Waals surface area contributed by atoms with Gasteiger partial charge in [0.15, 0.2) is 0 Å². The first kappa shape index (κ1) is 17.6. The van der Waals surface area contributed by atoms with Gasteiger partial charge in [0.05, 0.1) is 17.4 Å². The molecule has 0 aromatic carbocycles. The van der Waals surface area contributed by atoms with Crippen LogP contribution in [0.2, 0.25) is 0 Å². The number of hydrogen-bond acceptors (Lipinski definition) is 4. The van der Waals surface area contributed by atoms with Crippen molar-refractivity contribution in [2.75, 3.05) is 5.32 Å². The van der Waals surface area contributed by atoms with Gasteiger partial charge in [0, 0.05) is 12.1 Å². The summed E-state index contributed by atoms with van der Waals surface area (Å²) in [6.45, 7) is 2.08. The van der Waals surface area contributed by atoms with Crippen molar-refractivity contribution in [1.29, 1.82) is 0 Å². The van der Waals surface area contributed by atoms with E-state index in [1.54, 1.807) is 0 Å². The number of carbonyl (C=O) groups excluding carboxylic acids is 3. The third-order valence-electron chi connectivity index (χ3n) is 5.84. The summed E-state index contributed by atoms with van der Waals surface area (Å²) in [5.74, 6) is -0.655. The number of aromatic nitrogens is 1. The number of rotatable bonds is 4. The van der Waals surface area contributed by atoms with Crippen molar-refractivity contribution in [1.82, 2.24) is 4.98 Å². The van der Waals surface area contributed by atoms with Crippen molar-refractivity contribution < 1.29 is 14.4 Å². The van der Waals surface area contributed by atoms with Crippen molar-refractivity contribution in [3.8, 4) is 0 Å². The normalized spacial score (nSPS) is 28.7. The summed E-state index contributed by atoms with van der Waals surface area (Å²) in [7, 11) is 0. The van der Waals surface area contributed by atoms with E-state index in [4.69, 9.17) is 5.73 Å². The van der Waals surface area contributed by atoms with E-state index in [2.05, 4.69) is 17.2 Å². The topological polar surface area (TPSA) is 102 Å². The van der Waals surface area contributed by atoms with E-state index < -0.39 is 11.8 Å². The van der Waals surface area contributed by atoms with Crippen LogP contribution < -0.4 is 11.1 Å². The Morgan fingerprint density at radius 3 is 2.64 bits per heavy atom. The Morgan fingerprint density at radius 2 is 1.88 bits per heavy atom. The maximum Gasteiger partial charge on any atom is 0.292 e. The van der Waals surface area contributed by atoms with Gasteiger partial charge in [0.2, 0.25) is 11.7 Å². The molecule has 1 aromatic rings. The minimum atomic E-state index is -0.624. The fraction of sp³-hybridized carbons (Fsp3) is 0.579. The predicted octanol–water partition coefficient (Wildman–Crippen LogP) is 2.54. The summed E-state index contributed by atoms with van der Waals surface area (Å²) in [4.78, 5) is 40.5. The summed E-state index contributed by atoms with van der Waals surface area (Å²) in [5.41, 5.74) is 5.74. The molecule has 0 bridgehead atoms. The van der Waals surface area contributed by atoms with Crippen LogP contribution >= 0.6 is 0 Å². The van der Waals surface area contributed by atoms with E-state index in [9.17, 15) is 14.4 Å². The molecule has 1 aromatic heterocycles.